The number of benzene rings is 2. The summed E-state index contributed by atoms with van der Waals surface area (Å²) in [6, 6.07) is 10.7. The van der Waals surface area contributed by atoms with E-state index >= 15 is 0 Å². The van der Waals surface area contributed by atoms with Gasteiger partial charge in [0.2, 0.25) is 0 Å². The molecule has 3 aromatic rings. The lowest BCUT2D eigenvalue weighted by molar-refractivity contribution is -0.119. The lowest BCUT2D eigenvalue weighted by Crippen LogP contribution is -2.22. The molecule has 2 aromatic carbocycles. The standard InChI is InChI=1S/C23H21NO8S/c1-12-18(22(27)30-3)20(33-19(12)23(28)31-4)24-17(25)11-32-21(26)15-9-13-7-5-6-8-14(13)10-16(15)29-2/h5-10H,11H2,1-4H3,(H,24,25). The molecule has 0 aliphatic heterocycles. The van der Waals surface area contributed by atoms with E-state index in [2.05, 4.69) is 5.32 Å². The van der Waals surface area contributed by atoms with Crippen molar-refractivity contribution in [2.45, 2.75) is 6.92 Å². The minimum absolute atomic E-state index is 0.0266. The zero-order chi connectivity index (χ0) is 24.1. The molecular weight excluding hydrogens is 450 g/mol. The Morgan fingerprint density at radius 1 is 0.909 bits per heavy atom. The Hall–Kier alpha value is -3.92. The molecule has 1 heterocycles. The predicted molar refractivity (Wildman–Crippen MR) is 121 cm³/mol. The number of carbonyl (C=O) groups excluding carboxylic acids is 4. The maximum absolute atomic E-state index is 12.6. The molecule has 1 aromatic heterocycles. The summed E-state index contributed by atoms with van der Waals surface area (Å²) in [5, 5.41) is 4.27. The molecule has 0 saturated carbocycles. The molecule has 1 amide bonds. The second kappa shape index (κ2) is 10.1. The number of nitrogens with one attached hydrogen (secondary N) is 1. The molecule has 0 fully saturated rings. The first-order chi connectivity index (χ1) is 15.8. The van der Waals surface area contributed by atoms with Gasteiger partial charge in [-0.3, -0.25) is 4.79 Å². The van der Waals surface area contributed by atoms with Crippen molar-refractivity contribution in [3.8, 4) is 5.75 Å². The van der Waals surface area contributed by atoms with Crippen molar-refractivity contribution in [3.05, 3.63) is 58.0 Å². The van der Waals surface area contributed by atoms with Crippen LogP contribution in [0.2, 0.25) is 0 Å². The number of methoxy groups -OCH3 is 3. The van der Waals surface area contributed by atoms with Gasteiger partial charge < -0.3 is 24.3 Å². The van der Waals surface area contributed by atoms with Crippen LogP contribution in [-0.4, -0.2) is 51.8 Å². The fourth-order valence-electron chi connectivity index (χ4n) is 3.16. The van der Waals surface area contributed by atoms with E-state index < -0.39 is 30.4 Å². The van der Waals surface area contributed by atoms with Crippen LogP contribution in [0.1, 0.15) is 36.0 Å². The summed E-state index contributed by atoms with van der Waals surface area (Å²) in [7, 11) is 3.82. The van der Waals surface area contributed by atoms with Gasteiger partial charge in [-0.25, -0.2) is 14.4 Å². The highest BCUT2D eigenvalue weighted by Crippen LogP contribution is 2.34. The number of thiophene rings is 1. The molecule has 1 N–H and O–H groups in total. The van der Waals surface area contributed by atoms with Gasteiger partial charge >= 0.3 is 17.9 Å². The number of hydrogen-bond donors (Lipinski definition) is 1. The molecular formula is C23H21NO8S. The van der Waals surface area contributed by atoms with E-state index in [9.17, 15) is 19.2 Å². The van der Waals surface area contributed by atoms with Gasteiger partial charge in [0.1, 0.15) is 21.2 Å². The average Bonchev–Trinajstić information content (AvgIpc) is 3.15. The first-order valence-electron chi connectivity index (χ1n) is 9.64. The summed E-state index contributed by atoms with van der Waals surface area (Å²) in [6.45, 7) is 0.913. The number of anilines is 1. The zero-order valence-corrected chi connectivity index (χ0v) is 19.2. The fourth-order valence-corrected chi connectivity index (χ4v) is 4.29. The van der Waals surface area contributed by atoms with Crippen LogP contribution in [0.15, 0.2) is 36.4 Å². The Labute approximate surface area is 193 Å². The summed E-state index contributed by atoms with van der Waals surface area (Å²) < 4.78 is 19.9. The van der Waals surface area contributed by atoms with Crippen LogP contribution in [-0.2, 0) is 19.0 Å². The van der Waals surface area contributed by atoms with Crippen LogP contribution in [0, 0.1) is 6.92 Å². The van der Waals surface area contributed by atoms with Crippen molar-refractivity contribution in [1.82, 2.24) is 0 Å². The highest BCUT2D eigenvalue weighted by molar-refractivity contribution is 7.18. The fraction of sp³-hybridized carbons (Fsp3) is 0.217. The molecule has 9 nitrogen and oxygen atoms in total. The van der Waals surface area contributed by atoms with Gasteiger partial charge in [-0.1, -0.05) is 24.3 Å². The lowest BCUT2D eigenvalue weighted by Gasteiger charge is -2.11. The third-order valence-corrected chi connectivity index (χ3v) is 5.97. The summed E-state index contributed by atoms with van der Waals surface area (Å²) in [5.41, 5.74) is 0.505. The van der Waals surface area contributed by atoms with E-state index in [1.54, 1.807) is 12.1 Å². The van der Waals surface area contributed by atoms with Crippen molar-refractivity contribution in [2.24, 2.45) is 0 Å². The number of rotatable bonds is 7. The Kier molecular flexibility index (Phi) is 7.29. The molecule has 10 heteroatoms. The van der Waals surface area contributed by atoms with Crippen LogP contribution in [0.3, 0.4) is 0 Å². The van der Waals surface area contributed by atoms with Crippen molar-refractivity contribution >= 4 is 50.9 Å². The molecule has 0 saturated heterocycles. The van der Waals surface area contributed by atoms with E-state index in [0.29, 0.717) is 11.3 Å². The van der Waals surface area contributed by atoms with Crippen molar-refractivity contribution < 1.29 is 38.1 Å². The minimum atomic E-state index is -0.751. The largest absolute Gasteiger partial charge is 0.496 e. The number of amides is 1. The molecule has 0 spiro atoms. The number of esters is 3. The minimum Gasteiger partial charge on any atom is -0.496 e. The molecule has 33 heavy (non-hydrogen) atoms. The van der Waals surface area contributed by atoms with Crippen LogP contribution < -0.4 is 10.1 Å². The monoisotopic (exact) mass is 471 g/mol. The van der Waals surface area contributed by atoms with E-state index in [4.69, 9.17) is 18.9 Å². The first kappa shape index (κ1) is 23.7. The zero-order valence-electron chi connectivity index (χ0n) is 18.3. The van der Waals surface area contributed by atoms with Gasteiger partial charge in [-0.05, 0) is 35.4 Å². The Morgan fingerprint density at radius 2 is 1.55 bits per heavy atom. The normalized spacial score (nSPS) is 10.4. The highest BCUT2D eigenvalue weighted by Gasteiger charge is 2.27. The smallest absolute Gasteiger partial charge is 0.348 e. The van der Waals surface area contributed by atoms with Gasteiger partial charge in [0.05, 0.1) is 26.9 Å². The summed E-state index contributed by atoms with van der Waals surface area (Å²) in [4.78, 5) is 49.4. The number of ether oxygens (including phenoxy) is 4. The third kappa shape index (κ3) is 4.96. The van der Waals surface area contributed by atoms with Gasteiger partial charge in [-0.15, -0.1) is 11.3 Å². The van der Waals surface area contributed by atoms with Crippen molar-refractivity contribution in [2.75, 3.05) is 33.3 Å². The molecule has 3 rings (SSSR count). The lowest BCUT2D eigenvalue weighted by atomic mass is 10.1. The molecule has 0 aliphatic carbocycles. The molecule has 0 atom stereocenters. The summed E-state index contributed by atoms with van der Waals surface area (Å²) in [6.07, 6.45) is 0. The van der Waals surface area contributed by atoms with Gasteiger partial charge in [0.15, 0.2) is 6.61 Å². The topological polar surface area (TPSA) is 117 Å². The van der Waals surface area contributed by atoms with Gasteiger partial charge in [0.25, 0.3) is 5.91 Å². The van der Waals surface area contributed by atoms with Crippen molar-refractivity contribution in [3.63, 3.8) is 0 Å². The summed E-state index contributed by atoms with van der Waals surface area (Å²) >= 11 is 0.861. The molecule has 0 radical (unpaired) electrons. The first-order valence-corrected chi connectivity index (χ1v) is 10.5. The van der Waals surface area contributed by atoms with E-state index in [-0.39, 0.29) is 21.0 Å². The quantitative estimate of drug-likeness (QED) is 0.410. The van der Waals surface area contributed by atoms with E-state index in [0.717, 1.165) is 22.1 Å². The molecule has 0 aliphatic rings. The average molecular weight is 471 g/mol. The Balaban J connectivity index is 1.77. The second-order valence-corrected chi connectivity index (χ2v) is 7.79. The van der Waals surface area contributed by atoms with Gasteiger partial charge in [0, 0.05) is 0 Å². The Bertz CT molecular complexity index is 1250. The summed E-state index contributed by atoms with van der Waals surface area (Å²) in [5.74, 6) is -2.53. The van der Waals surface area contributed by atoms with Crippen LogP contribution in [0.4, 0.5) is 5.00 Å². The molecule has 0 bridgehead atoms. The number of fused-ring (bicyclic) bond motifs is 1. The molecule has 0 unspecified atom stereocenters. The van der Waals surface area contributed by atoms with E-state index in [1.807, 2.05) is 24.3 Å². The number of hydrogen-bond acceptors (Lipinski definition) is 9. The highest BCUT2D eigenvalue weighted by atomic mass is 32.1. The third-order valence-electron chi connectivity index (χ3n) is 4.78. The second-order valence-electron chi connectivity index (χ2n) is 6.77. The van der Waals surface area contributed by atoms with Crippen molar-refractivity contribution in [1.29, 1.82) is 0 Å². The molecule has 172 valence electrons. The van der Waals surface area contributed by atoms with Gasteiger partial charge in [-0.2, -0.15) is 0 Å². The van der Waals surface area contributed by atoms with Crippen LogP contribution in [0.5, 0.6) is 5.75 Å². The maximum atomic E-state index is 12.6. The van der Waals surface area contributed by atoms with E-state index in [1.165, 1.54) is 28.3 Å². The number of carbonyl (C=O) groups is 4. The Morgan fingerprint density at radius 3 is 2.15 bits per heavy atom. The maximum Gasteiger partial charge on any atom is 0.348 e. The SMILES string of the molecule is COC(=O)c1sc(NC(=O)COC(=O)c2cc3ccccc3cc2OC)c(C(=O)OC)c1C. The van der Waals surface area contributed by atoms with Crippen LogP contribution in [0.25, 0.3) is 10.8 Å². The van der Waals surface area contributed by atoms with Crippen LogP contribution >= 0.6 is 11.3 Å². The predicted octanol–water partition coefficient (Wildman–Crippen LogP) is 3.59.